The number of hydrogen-bond acceptors (Lipinski definition) is 9. The summed E-state index contributed by atoms with van der Waals surface area (Å²) in [6.45, 7) is 0.574. The van der Waals surface area contributed by atoms with Gasteiger partial charge in [0.15, 0.2) is 0 Å². The van der Waals surface area contributed by atoms with Gasteiger partial charge < -0.3 is 26.6 Å². The number of halogens is 3. The van der Waals surface area contributed by atoms with Crippen LogP contribution in [0.3, 0.4) is 0 Å². The van der Waals surface area contributed by atoms with Crippen LogP contribution >= 0.6 is 11.3 Å². The van der Waals surface area contributed by atoms with E-state index in [1.807, 2.05) is 24.3 Å². The van der Waals surface area contributed by atoms with Gasteiger partial charge in [-0.3, -0.25) is 0 Å². The molecule has 6 N–H and O–H groups in total. The van der Waals surface area contributed by atoms with E-state index < -0.39 is 31.0 Å². The average Bonchev–Trinajstić information content (AvgIpc) is 3.27. The van der Waals surface area contributed by atoms with E-state index in [-0.39, 0.29) is 24.2 Å². The highest BCUT2D eigenvalue weighted by Crippen LogP contribution is 2.38. The van der Waals surface area contributed by atoms with Gasteiger partial charge in [-0.1, -0.05) is 12.1 Å². The number of aromatic nitrogens is 3. The van der Waals surface area contributed by atoms with Gasteiger partial charge in [-0.25, -0.2) is 9.97 Å². The lowest BCUT2D eigenvalue weighted by Gasteiger charge is -2.21. The van der Waals surface area contributed by atoms with Crippen molar-refractivity contribution in [3.63, 3.8) is 0 Å². The van der Waals surface area contributed by atoms with Crippen LogP contribution in [0.15, 0.2) is 24.3 Å². The van der Waals surface area contributed by atoms with Gasteiger partial charge in [0, 0.05) is 5.92 Å². The van der Waals surface area contributed by atoms with Gasteiger partial charge >= 0.3 is 6.18 Å². The quantitative estimate of drug-likeness (QED) is 0.373. The molecule has 0 unspecified atom stereocenters. The average molecular weight is 469 g/mol. The number of aliphatic hydroxyl groups is 2. The van der Waals surface area contributed by atoms with E-state index in [4.69, 9.17) is 5.73 Å². The van der Waals surface area contributed by atoms with Crippen LogP contribution in [0.2, 0.25) is 0 Å². The fourth-order valence-electron chi connectivity index (χ4n) is 3.85. The Morgan fingerprint density at radius 3 is 2.56 bits per heavy atom. The maximum absolute atomic E-state index is 12.7. The minimum atomic E-state index is -4.43. The van der Waals surface area contributed by atoms with Gasteiger partial charge in [0.05, 0.1) is 33.6 Å². The first-order valence-electron chi connectivity index (χ1n) is 10.0. The number of para-hydroxylation sites is 1. The first kappa shape index (κ1) is 22.6. The molecule has 4 atom stereocenters. The van der Waals surface area contributed by atoms with Gasteiger partial charge in [0.2, 0.25) is 5.95 Å². The standard InChI is InChI=1S/C20H23F3N6O2S/c1-9-14(18-28-11-4-2-3-5-13(11)32-18)17(29-19(26-9)25-8-20(21,22)23)27-12-6-10(7-24)15(30)16(12)31/h2-5,10,12,15-16,30-31H,6-8,24H2,1H3,(H2,25,26,27,29)/t10-,12-,15-,16+/m1/s1. The van der Waals surface area contributed by atoms with Crippen molar-refractivity contribution in [2.45, 2.75) is 37.8 Å². The number of alkyl halides is 3. The lowest BCUT2D eigenvalue weighted by Crippen LogP contribution is -2.36. The molecule has 0 aliphatic heterocycles. The van der Waals surface area contributed by atoms with Crippen LogP contribution in [0.5, 0.6) is 0 Å². The lowest BCUT2D eigenvalue weighted by atomic mass is 10.1. The summed E-state index contributed by atoms with van der Waals surface area (Å²) in [5, 5.41) is 26.6. The van der Waals surface area contributed by atoms with Crippen LogP contribution < -0.4 is 16.4 Å². The number of rotatable bonds is 6. The molecular weight excluding hydrogens is 445 g/mol. The lowest BCUT2D eigenvalue weighted by molar-refractivity contribution is -0.115. The van der Waals surface area contributed by atoms with Crippen LogP contribution in [0.4, 0.5) is 24.9 Å². The largest absolute Gasteiger partial charge is 0.405 e. The molecule has 0 spiro atoms. The van der Waals surface area contributed by atoms with Crippen molar-refractivity contribution in [3.8, 4) is 10.6 Å². The third kappa shape index (κ3) is 4.63. The summed E-state index contributed by atoms with van der Waals surface area (Å²) in [5.41, 5.74) is 7.41. The zero-order chi connectivity index (χ0) is 23.0. The molecular formula is C20H23F3N6O2S. The number of nitrogens with one attached hydrogen (secondary N) is 2. The predicted octanol–water partition coefficient (Wildman–Crippen LogP) is 2.52. The second kappa shape index (κ2) is 8.77. The molecule has 1 saturated carbocycles. The minimum Gasteiger partial charge on any atom is -0.390 e. The minimum absolute atomic E-state index is 0.197. The van der Waals surface area contributed by atoms with E-state index in [0.717, 1.165) is 10.2 Å². The Kier molecular flexibility index (Phi) is 6.21. The summed E-state index contributed by atoms with van der Waals surface area (Å²) < 4.78 is 39.0. The summed E-state index contributed by atoms with van der Waals surface area (Å²) in [6.07, 6.45) is -6.16. The summed E-state index contributed by atoms with van der Waals surface area (Å²) >= 11 is 1.40. The smallest absolute Gasteiger partial charge is 0.390 e. The number of benzene rings is 1. The van der Waals surface area contributed by atoms with Gasteiger partial charge in [-0.2, -0.15) is 18.2 Å². The van der Waals surface area contributed by atoms with Crippen LogP contribution in [0, 0.1) is 12.8 Å². The fourth-order valence-corrected chi connectivity index (χ4v) is 4.91. The molecule has 12 heteroatoms. The molecule has 172 valence electrons. The van der Waals surface area contributed by atoms with Gasteiger partial charge in [-0.15, -0.1) is 11.3 Å². The summed E-state index contributed by atoms with van der Waals surface area (Å²) in [4.78, 5) is 13.1. The Balaban J connectivity index is 1.74. The zero-order valence-corrected chi connectivity index (χ0v) is 17.9. The molecule has 0 amide bonds. The summed E-state index contributed by atoms with van der Waals surface area (Å²) in [6, 6.07) is 6.95. The number of thiazole rings is 1. The maximum Gasteiger partial charge on any atom is 0.405 e. The second-order valence-corrected chi connectivity index (χ2v) is 8.81. The molecule has 1 fully saturated rings. The van der Waals surface area contributed by atoms with Crippen molar-refractivity contribution >= 4 is 33.3 Å². The van der Waals surface area contributed by atoms with Crippen LogP contribution in [0.1, 0.15) is 12.1 Å². The monoisotopic (exact) mass is 468 g/mol. The number of aliphatic hydroxyl groups excluding tert-OH is 2. The molecule has 2 heterocycles. The van der Waals surface area contributed by atoms with Crippen molar-refractivity contribution in [1.82, 2.24) is 15.0 Å². The number of aryl methyl sites for hydroxylation is 1. The first-order valence-corrected chi connectivity index (χ1v) is 10.9. The van der Waals surface area contributed by atoms with E-state index in [2.05, 4.69) is 25.6 Å². The topological polar surface area (TPSA) is 129 Å². The number of hydrogen-bond donors (Lipinski definition) is 5. The highest BCUT2D eigenvalue weighted by molar-refractivity contribution is 7.21. The highest BCUT2D eigenvalue weighted by Gasteiger charge is 2.41. The third-order valence-corrected chi connectivity index (χ3v) is 6.53. The van der Waals surface area contributed by atoms with Gasteiger partial charge in [-0.05, 0) is 32.0 Å². The van der Waals surface area contributed by atoms with E-state index >= 15 is 0 Å². The third-order valence-electron chi connectivity index (χ3n) is 5.47. The van der Waals surface area contributed by atoms with Crippen LogP contribution in [0.25, 0.3) is 20.8 Å². The van der Waals surface area contributed by atoms with E-state index in [0.29, 0.717) is 22.7 Å². The zero-order valence-electron chi connectivity index (χ0n) is 17.1. The predicted molar refractivity (Wildman–Crippen MR) is 117 cm³/mol. The molecule has 32 heavy (non-hydrogen) atoms. The molecule has 1 aliphatic rings. The summed E-state index contributed by atoms with van der Waals surface area (Å²) in [7, 11) is 0. The van der Waals surface area contributed by atoms with Crippen molar-refractivity contribution in [2.24, 2.45) is 11.7 Å². The van der Waals surface area contributed by atoms with Crippen molar-refractivity contribution < 1.29 is 23.4 Å². The Hall–Kier alpha value is -2.54. The Labute approximate surface area is 185 Å². The maximum atomic E-state index is 12.7. The molecule has 1 aromatic carbocycles. The SMILES string of the molecule is Cc1nc(NCC(F)(F)F)nc(N[C@@H]2C[C@H](CN)[C@@H](O)[C@H]2O)c1-c1nc2ccccc2s1. The van der Waals surface area contributed by atoms with Crippen LogP contribution in [-0.2, 0) is 0 Å². The highest BCUT2D eigenvalue weighted by atomic mass is 32.1. The first-order chi connectivity index (χ1) is 15.2. The van der Waals surface area contributed by atoms with Crippen molar-refractivity contribution in [2.75, 3.05) is 23.7 Å². The molecule has 0 radical (unpaired) electrons. The molecule has 2 aromatic heterocycles. The summed E-state index contributed by atoms with van der Waals surface area (Å²) in [5.74, 6) is -0.273. The Morgan fingerprint density at radius 1 is 1.16 bits per heavy atom. The van der Waals surface area contributed by atoms with E-state index in [1.54, 1.807) is 6.92 Å². The molecule has 1 aliphatic carbocycles. The Morgan fingerprint density at radius 2 is 1.91 bits per heavy atom. The second-order valence-electron chi connectivity index (χ2n) is 7.78. The number of nitrogens with zero attached hydrogens (tertiary/aromatic N) is 3. The fraction of sp³-hybridized carbons (Fsp3) is 0.450. The van der Waals surface area contributed by atoms with E-state index in [9.17, 15) is 23.4 Å². The molecule has 0 bridgehead atoms. The van der Waals surface area contributed by atoms with Gasteiger partial charge in [0.1, 0.15) is 23.5 Å². The Bertz CT molecular complexity index is 1080. The molecule has 0 saturated heterocycles. The number of nitrogens with two attached hydrogens (primary N) is 1. The molecule has 3 aromatic rings. The molecule has 8 nitrogen and oxygen atoms in total. The number of anilines is 2. The van der Waals surface area contributed by atoms with Crippen LogP contribution in [-0.4, -0.2) is 62.7 Å². The number of fused-ring (bicyclic) bond motifs is 1. The van der Waals surface area contributed by atoms with Crippen molar-refractivity contribution in [3.05, 3.63) is 30.0 Å². The van der Waals surface area contributed by atoms with Crippen molar-refractivity contribution in [1.29, 1.82) is 0 Å². The van der Waals surface area contributed by atoms with Gasteiger partial charge in [0.25, 0.3) is 0 Å². The molecule has 4 rings (SSSR count). The normalized spacial score (nSPS) is 23.6. The van der Waals surface area contributed by atoms with E-state index in [1.165, 1.54) is 11.3 Å².